The fourth-order valence-corrected chi connectivity index (χ4v) is 1.28. The number of hydrogen-bond acceptors (Lipinski definition) is 8. The fraction of sp³-hybridized carbons (Fsp3) is 1.00. The highest BCUT2D eigenvalue weighted by atomic mass is 16.7. The quantitative estimate of drug-likeness (QED) is 0.185. The van der Waals surface area contributed by atoms with E-state index in [9.17, 15) is 0 Å². The molecule has 8 N–H and O–H groups in total. The van der Waals surface area contributed by atoms with E-state index in [0.717, 1.165) is 0 Å². The molecular formula is C6H12O8. The number of aliphatic hydroxyl groups is 8. The summed E-state index contributed by atoms with van der Waals surface area (Å²) in [5, 5.41) is 72.0. The summed E-state index contributed by atoms with van der Waals surface area (Å²) in [7, 11) is 0. The van der Waals surface area contributed by atoms with Crippen molar-refractivity contribution in [3.8, 4) is 0 Å². The minimum Gasteiger partial charge on any atom is -0.387 e. The van der Waals surface area contributed by atoms with Gasteiger partial charge in [0, 0.05) is 6.42 Å². The number of hydrogen-bond donors (Lipinski definition) is 8. The first-order valence-corrected chi connectivity index (χ1v) is 3.75. The molecule has 1 fully saturated rings. The van der Waals surface area contributed by atoms with Crippen LogP contribution in [0.4, 0.5) is 0 Å². The zero-order chi connectivity index (χ0) is 11.4. The van der Waals surface area contributed by atoms with E-state index < -0.39 is 36.0 Å². The molecule has 1 aliphatic carbocycles. The second kappa shape index (κ2) is 2.84. The Morgan fingerprint density at radius 2 is 1.00 bits per heavy atom. The smallest absolute Gasteiger partial charge is 0.279 e. The van der Waals surface area contributed by atoms with Gasteiger partial charge in [-0.3, -0.25) is 0 Å². The molecule has 1 saturated carbocycles. The third-order valence-corrected chi connectivity index (χ3v) is 2.40. The van der Waals surface area contributed by atoms with E-state index in [-0.39, 0.29) is 0 Å². The van der Waals surface area contributed by atoms with Crippen molar-refractivity contribution in [1.82, 2.24) is 0 Å². The lowest BCUT2D eigenvalue weighted by molar-refractivity contribution is -0.498. The Kier molecular flexibility index (Phi) is 2.38. The summed E-state index contributed by atoms with van der Waals surface area (Å²) in [6, 6.07) is 0. The first-order valence-electron chi connectivity index (χ1n) is 3.75. The van der Waals surface area contributed by atoms with Crippen LogP contribution in [0.2, 0.25) is 0 Å². The molecule has 0 saturated heterocycles. The molecule has 14 heavy (non-hydrogen) atoms. The van der Waals surface area contributed by atoms with Crippen LogP contribution in [0.3, 0.4) is 0 Å². The lowest BCUT2D eigenvalue weighted by Gasteiger charge is -2.50. The number of aliphatic hydroxyl groups excluding tert-OH is 2. The van der Waals surface area contributed by atoms with Crippen molar-refractivity contribution in [3.63, 3.8) is 0 Å². The Morgan fingerprint density at radius 3 is 1.29 bits per heavy atom. The van der Waals surface area contributed by atoms with Crippen LogP contribution in [-0.4, -0.2) is 70.4 Å². The largest absolute Gasteiger partial charge is 0.387 e. The van der Waals surface area contributed by atoms with Gasteiger partial charge in [-0.25, -0.2) is 0 Å². The van der Waals surface area contributed by atoms with Crippen LogP contribution in [-0.2, 0) is 0 Å². The van der Waals surface area contributed by atoms with Crippen molar-refractivity contribution < 1.29 is 40.9 Å². The summed E-state index contributed by atoms with van der Waals surface area (Å²) in [6.07, 6.45) is -5.08. The van der Waals surface area contributed by atoms with Crippen molar-refractivity contribution in [2.75, 3.05) is 0 Å². The molecule has 84 valence electrons. The predicted molar refractivity (Wildman–Crippen MR) is 38.1 cm³/mol. The van der Waals surface area contributed by atoms with Gasteiger partial charge in [0.15, 0.2) is 0 Å². The molecule has 0 heterocycles. The maximum atomic E-state index is 9.01. The molecule has 0 bridgehead atoms. The van der Waals surface area contributed by atoms with E-state index >= 15 is 0 Å². The van der Waals surface area contributed by atoms with E-state index in [2.05, 4.69) is 0 Å². The second-order valence-electron chi connectivity index (χ2n) is 3.39. The number of rotatable bonds is 0. The Labute approximate surface area is 77.9 Å². The zero-order valence-corrected chi connectivity index (χ0v) is 6.94. The lowest BCUT2D eigenvalue weighted by atomic mass is 9.79. The van der Waals surface area contributed by atoms with Crippen molar-refractivity contribution in [3.05, 3.63) is 0 Å². The normalized spacial score (nSPS) is 39.4. The van der Waals surface area contributed by atoms with Crippen LogP contribution in [0.1, 0.15) is 6.42 Å². The molecule has 1 aliphatic rings. The second-order valence-corrected chi connectivity index (χ2v) is 3.39. The molecule has 0 aromatic carbocycles. The van der Waals surface area contributed by atoms with Gasteiger partial charge < -0.3 is 40.9 Å². The summed E-state index contributed by atoms with van der Waals surface area (Å²) in [5.41, 5.74) is 0. The molecular weight excluding hydrogens is 200 g/mol. The fourth-order valence-electron chi connectivity index (χ4n) is 1.28. The van der Waals surface area contributed by atoms with E-state index in [1.807, 2.05) is 0 Å². The van der Waals surface area contributed by atoms with Gasteiger partial charge >= 0.3 is 0 Å². The Morgan fingerprint density at radius 1 is 0.714 bits per heavy atom. The van der Waals surface area contributed by atoms with Crippen molar-refractivity contribution in [1.29, 1.82) is 0 Å². The standard InChI is InChI=1S/C6H12O8/c7-2-1-3(8)5(11,12)6(13,14)4(2,9)10/h2-3,7-14H,1H2. The van der Waals surface area contributed by atoms with Crippen molar-refractivity contribution >= 4 is 0 Å². The van der Waals surface area contributed by atoms with E-state index in [1.165, 1.54) is 0 Å². The van der Waals surface area contributed by atoms with Gasteiger partial charge in [0.1, 0.15) is 12.2 Å². The maximum absolute atomic E-state index is 9.01. The van der Waals surface area contributed by atoms with Gasteiger partial charge in [-0.05, 0) is 0 Å². The van der Waals surface area contributed by atoms with Gasteiger partial charge in [0.2, 0.25) is 0 Å². The molecule has 2 atom stereocenters. The molecule has 1 rings (SSSR count). The Balaban J connectivity index is 3.17. The van der Waals surface area contributed by atoms with Gasteiger partial charge in [-0.2, -0.15) is 0 Å². The molecule has 8 heteroatoms. The predicted octanol–water partition coefficient (Wildman–Crippen LogP) is -4.85. The molecule has 0 amide bonds. The highest BCUT2D eigenvalue weighted by molar-refractivity contribution is 5.06. The van der Waals surface area contributed by atoms with Crippen molar-refractivity contribution in [2.45, 2.75) is 36.0 Å². The summed E-state index contributed by atoms with van der Waals surface area (Å²) >= 11 is 0. The third kappa shape index (κ3) is 1.17. The minimum absolute atomic E-state index is 0.830. The van der Waals surface area contributed by atoms with Crippen LogP contribution in [0.25, 0.3) is 0 Å². The van der Waals surface area contributed by atoms with Gasteiger partial charge in [0.25, 0.3) is 17.4 Å². The third-order valence-electron chi connectivity index (χ3n) is 2.40. The average molecular weight is 212 g/mol. The summed E-state index contributed by atoms with van der Waals surface area (Å²) < 4.78 is 0. The topological polar surface area (TPSA) is 162 Å². The Bertz CT molecular complexity index is 212. The van der Waals surface area contributed by atoms with Crippen LogP contribution in [0.5, 0.6) is 0 Å². The first-order chi connectivity index (χ1) is 6.05. The van der Waals surface area contributed by atoms with E-state index in [1.54, 1.807) is 0 Å². The molecule has 2 unspecified atom stereocenters. The Hall–Kier alpha value is -0.320. The van der Waals surface area contributed by atoms with E-state index in [4.69, 9.17) is 40.9 Å². The first kappa shape index (κ1) is 11.8. The molecule has 8 nitrogen and oxygen atoms in total. The molecule has 0 aromatic rings. The summed E-state index contributed by atoms with van der Waals surface area (Å²) in [6.45, 7) is 0. The maximum Gasteiger partial charge on any atom is 0.279 e. The van der Waals surface area contributed by atoms with Crippen LogP contribution in [0, 0.1) is 0 Å². The molecule has 0 aliphatic heterocycles. The summed E-state index contributed by atoms with van der Waals surface area (Å²) in [4.78, 5) is 0. The minimum atomic E-state index is -3.86. The van der Waals surface area contributed by atoms with E-state index in [0.29, 0.717) is 0 Å². The molecule has 0 aromatic heterocycles. The van der Waals surface area contributed by atoms with Crippen LogP contribution < -0.4 is 0 Å². The highest BCUT2D eigenvalue weighted by Gasteiger charge is 2.71. The van der Waals surface area contributed by atoms with Gasteiger partial charge in [0.05, 0.1) is 0 Å². The van der Waals surface area contributed by atoms with Gasteiger partial charge in [-0.1, -0.05) is 0 Å². The van der Waals surface area contributed by atoms with Crippen LogP contribution >= 0.6 is 0 Å². The zero-order valence-electron chi connectivity index (χ0n) is 6.94. The molecule has 0 radical (unpaired) electrons. The van der Waals surface area contributed by atoms with Crippen molar-refractivity contribution in [2.24, 2.45) is 0 Å². The van der Waals surface area contributed by atoms with Crippen LogP contribution in [0.15, 0.2) is 0 Å². The summed E-state index contributed by atoms with van der Waals surface area (Å²) in [5.74, 6) is -11.0. The molecule has 0 spiro atoms. The van der Waals surface area contributed by atoms with Gasteiger partial charge in [-0.15, -0.1) is 0 Å². The highest BCUT2D eigenvalue weighted by Crippen LogP contribution is 2.39. The average Bonchev–Trinajstić information content (AvgIpc) is 2.01. The SMILES string of the molecule is OC1CC(O)C(O)(O)C(O)(O)C1(O)O. The lowest BCUT2D eigenvalue weighted by Crippen LogP contribution is -2.79. The monoisotopic (exact) mass is 212 g/mol.